The lowest BCUT2D eigenvalue weighted by atomic mass is 9.71. The van der Waals surface area contributed by atoms with Gasteiger partial charge in [-0.3, -0.25) is 9.78 Å². The number of likely N-dealkylation sites (tertiary alicyclic amines) is 1. The van der Waals surface area contributed by atoms with Gasteiger partial charge in [-0.25, -0.2) is 0 Å². The second-order valence-electron chi connectivity index (χ2n) is 7.43. The number of carbonyl (C=O) groups excluding carboxylic acids is 1. The van der Waals surface area contributed by atoms with Crippen LogP contribution in [0.5, 0.6) is 0 Å². The highest BCUT2D eigenvalue weighted by Crippen LogP contribution is 2.47. The number of aromatic nitrogens is 1. The Balaban J connectivity index is 1.66. The number of fused-ring (bicyclic) bond motifs is 2. The normalized spacial score (nSPS) is 29.7. The smallest absolute Gasteiger partial charge is 0.254 e. The van der Waals surface area contributed by atoms with Crippen LogP contribution in [0.2, 0.25) is 0 Å². The van der Waals surface area contributed by atoms with Crippen molar-refractivity contribution >= 4 is 16.8 Å². The average Bonchev–Trinajstić information content (AvgIpc) is 2.96. The van der Waals surface area contributed by atoms with Gasteiger partial charge in [-0.1, -0.05) is 19.1 Å². The lowest BCUT2D eigenvalue weighted by molar-refractivity contribution is -0.00273. The molecule has 0 spiro atoms. The maximum absolute atomic E-state index is 13.3. The van der Waals surface area contributed by atoms with Gasteiger partial charge in [0.25, 0.3) is 5.91 Å². The number of amides is 1. The van der Waals surface area contributed by atoms with Crippen LogP contribution in [0, 0.1) is 5.41 Å². The Morgan fingerprint density at radius 3 is 3.00 bits per heavy atom. The summed E-state index contributed by atoms with van der Waals surface area (Å²) < 4.78 is 5.59. The molecule has 4 heteroatoms. The highest BCUT2D eigenvalue weighted by atomic mass is 16.5. The van der Waals surface area contributed by atoms with Crippen molar-refractivity contribution < 1.29 is 9.53 Å². The van der Waals surface area contributed by atoms with Gasteiger partial charge < -0.3 is 9.64 Å². The Kier molecular flexibility index (Phi) is 3.80. The van der Waals surface area contributed by atoms with E-state index < -0.39 is 0 Å². The van der Waals surface area contributed by atoms with Crippen LogP contribution in [-0.2, 0) is 4.74 Å². The van der Waals surface area contributed by atoms with E-state index in [9.17, 15) is 4.79 Å². The molecule has 24 heavy (non-hydrogen) atoms. The van der Waals surface area contributed by atoms with Crippen molar-refractivity contribution in [3.8, 4) is 0 Å². The molecule has 1 aliphatic carbocycles. The van der Waals surface area contributed by atoms with Gasteiger partial charge in [-0.05, 0) is 49.3 Å². The molecule has 0 unspecified atom stereocenters. The fraction of sp³-hybridized carbons (Fsp3) is 0.500. The van der Waals surface area contributed by atoms with Gasteiger partial charge in [0.2, 0.25) is 0 Å². The van der Waals surface area contributed by atoms with E-state index in [2.05, 4.69) is 16.8 Å². The highest BCUT2D eigenvalue weighted by molar-refractivity contribution is 6.06. The Morgan fingerprint density at radius 1 is 1.29 bits per heavy atom. The summed E-state index contributed by atoms with van der Waals surface area (Å²) in [6, 6.07) is 10.0. The summed E-state index contributed by atoms with van der Waals surface area (Å²) in [4.78, 5) is 19.8. The van der Waals surface area contributed by atoms with Crippen molar-refractivity contribution in [2.75, 3.05) is 13.7 Å². The van der Waals surface area contributed by atoms with Gasteiger partial charge in [0.1, 0.15) is 0 Å². The SMILES string of the molecule is CO[C@@H]1CC[C@H]2N(C(=O)c3cccc4ncccc34)CC[C@@]2(C)C1. The lowest BCUT2D eigenvalue weighted by Gasteiger charge is -2.42. The molecule has 1 aliphatic heterocycles. The number of pyridine rings is 1. The van der Waals surface area contributed by atoms with Crippen LogP contribution in [0.25, 0.3) is 10.9 Å². The van der Waals surface area contributed by atoms with Gasteiger partial charge in [-0.15, -0.1) is 0 Å². The van der Waals surface area contributed by atoms with Crippen LogP contribution in [0.3, 0.4) is 0 Å². The monoisotopic (exact) mass is 324 g/mol. The number of ether oxygens (including phenoxy) is 1. The molecule has 126 valence electrons. The molecule has 2 aliphatic rings. The molecule has 3 atom stereocenters. The second kappa shape index (κ2) is 5.85. The standard InChI is InChI=1S/C20H24N2O2/c1-20-10-12-22(18(20)9-8-14(13-20)24-2)19(23)16-5-3-7-17-15(16)6-4-11-21-17/h3-7,11,14,18H,8-10,12-13H2,1-2H3/t14-,18-,20+/m1/s1. The molecule has 0 N–H and O–H groups in total. The van der Waals surface area contributed by atoms with Gasteiger partial charge >= 0.3 is 0 Å². The summed E-state index contributed by atoms with van der Waals surface area (Å²) >= 11 is 0. The van der Waals surface area contributed by atoms with Gasteiger partial charge in [0, 0.05) is 36.8 Å². The predicted octanol–water partition coefficient (Wildman–Crippen LogP) is 3.65. The summed E-state index contributed by atoms with van der Waals surface area (Å²) in [5.74, 6) is 0.151. The molecule has 4 rings (SSSR count). The number of nitrogens with zero attached hydrogens (tertiary/aromatic N) is 2. The van der Waals surface area contributed by atoms with Gasteiger partial charge in [-0.2, -0.15) is 0 Å². The van der Waals surface area contributed by atoms with E-state index in [0.717, 1.165) is 48.7 Å². The number of carbonyl (C=O) groups is 1. The minimum atomic E-state index is 0.151. The van der Waals surface area contributed by atoms with E-state index >= 15 is 0 Å². The third kappa shape index (κ3) is 2.40. The van der Waals surface area contributed by atoms with Crippen LogP contribution < -0.4 is 0 Å². The molecular formula is C20H24N2O2. The summed E-state index contributed by atoms with van der Waals surface area (Å²) in [5.41, 5.74) is 1.84. The predicted molar refractivity (Wildman–Crippen MR) is 93.9 cm³/mol. The van der Waals surface area contributed by atoms with Crippen molar-refractivity contribution in [3.63, 3.8) is 0 Å². The molecule has 0 bridgehead atoms. The fourth-order valence-electron chi connectivity index (χ4n) is 4.67. The zero-order chi connectivity index (χ0) is 16.7. The number of rotatable bonds is 2. The summed E-state index contributed by atoms with van der Waals surface area (Å²) in [5, 5.41) is 0.948. The first kappa shape index (κ1) is 15.6. The van der Waals surface area contributed by atoms with Crippen molar-refractivity contribution in [1.82, 2.24) is 9.88 Å². The molecule has 2 fully saturated rings. The molecule has 0 radical (unpaired) electrons. The molecule has 2 heterocycles. The zero-order valence-corrected chi connectivity index (χ0v) is 14.4. The maximum Gasteiger partial charge on any atom is 0.254 e. The first-order valence-corrected chi connectivity index (χ1v) is 8.80. The molecule has 1 aromatic carbocycles. The van der Waals surface area contributed by atoms with E-state index in [4.69, 9.17) is 4.74 Å². The number of hydrogen-bond donors (Lipinski definition) is 0. The minimum absolute atomic E-state index is 0.151. The Morgan fingerprint density at radius 2 is 2.17 bits per heavy atom. The molecule has 1 amide bonds. The Labute approximate surface area is 142 Å². The van der Waals surface area contributed by atoms with E-state index in [0.29, 0.717) is 12.1 Å². The maximum atomic E-state index is 13.3. The molecule has 1 aromatic heterocycles. The van der Waals surface area contributed by atoms with Gasteiger partial charge in [0.15, 0.2) is 0 Å². The van der Waals surface area contributed by atoms with Crippen molar-refractivity contribution in [2.45, 2.75) is 44.8 Å². The molecule has 4 nitrogen and oxygen atoms in total. The third-order valence-electron chi connectivity index (χ3n) is 6.03. The van der Waals surface area contributed by atoms with E-state index in [1.54, 1.807) is 13.3 Å². The molecular weight excluding hydrogens is 300 g/mol. The van der Waals surface area contributed by atoms with Crippen LogP contribution >= 0.6 is 0 Å². The fourth-order valence-corrected chi connectivity index (χ4v) is 4.67. The zero-order valence-electron chi connectivity index (χ0n) is 14.4. The highest BCUT2D eigenvalue weighted by Gasteiger charge is 2.49. The molecule has 2 aromatic rings. The van der Waals surface area contributed by atoms with Gasteiger partial charge in [0.05, 0.1) is 11.6 Å². The summed E-state index contributed by atoms with van der Waals surface area (Å²) in [7, 11) is 1.80. The third-order valence-corrected chi connectivity index (χ3v) is 6.03. The molecule has 1 saturated heterocycles. The van der Waals surface area contributed by atoms with Crippen molar-refractivity contribution in [3.05, 3.63) is 42.1 Å². The molecule has 1 saturated carbocycles. The number of methoxy groups -OCH3 is 1. The van der Waals surface area contributed by atoms with Crippen LogP contribution in [0.4, 0.5) is 0 Å². The quantitative estimate of drug-likeness (QED) is 0.847. The lowest BCUT2D eigenvalue weighted by Crippen LogP contribution is -2.46. The first-order valence-electron chi connectivity index (χ1n) is 8.80. The first-order chi connectivity index (χ1) is 11.6. The van der Waals surface area contributed by atoms with Crippen molar-refractivity contribution in [2.24, 2.45) is 5.41 Å². The Bertz CT molecular complexity index is 770. The van der Waals surface area contributed by atoms with E-state index in [-0.39, 0.29) is 11.3 Å². The average molecular weight is 324 g/mol. The van der Waals surface area contributed by atoms with Crippen LogP contribution in [0.15, 0.2) is 36.5 Å². The Hall–Kier alpha value is -1.94. The number of benzene rings is 1. The largest absolute Gasteiger partial charge is 0.381 e. The van der Waals surface area contributed by atoms with Crippen molar-refractivity contribution in [1.29, 1.82) is 0 Å². The summed E-state index contributed by atoms with van der Waals surface area (Å²) in [6.45, 7) is 3.16. The topological polar surface area (TPSA) is 42.4 Å². The number of hydrogen-bond acceptors (Lipinski definition) is 3. The van der Waals surface area contributed by atoms with Crippen LogP contribution in [0.1, 0.15) is 43.0 Å². The minimum Gasteiger partial charge on any atom is -0.381 e. The van der Waals surface area contributed by atoms with E-state index in [1.165, 1.54) is 0 Å². The summed E-state index contributed by atoms with van der Waals surface area (Å²) in [6.07, 6.45) is 6.29. The van der Waals surface area contributed by atoms with Crippen LogP contribution in [-0.4, -0.2) is 41.6 Å². The second-order valence-corrected chi connectivity index (χ2v) is 7.43. The van der Waals surface area contributed by atoms with E-state index in [1.807, 2.05) is 30.3 Å².